The Labute approximate surface area is 397 Å². The molecule has 0 atom stereocenters. The molecule has 2 saturated carbocycles. The third kappa shape index (κ3) is 9.35. The van der Waals surface area contributed by atoms with E-state index < -0.39 is 0 Å². The van der Waals surface area contributed by atoms with Crippen LogP contribution in [0.25, 0.3) is 33.8 Å². The highest BCUT2D eigenvalue weighted by Gasteiger charge is 2.24. The van der Waals surface area contributed by atoms with Crippen LogP contribution in [-0.2, 0) is 46.6 Å². The lowest BCUT2D eigenvalue weighted by Crippen LogP contribution is -2.34. The van der Waals surface area contributed by atoms with Crippen LogP contribution >= 0.6 is 0 Å². The second kappa shape index (κ2) is 19.4. The van der Waals surface area contributed by atoms with E-state index in [2.05, 4.69) is 36.1 Å². The maximum absolute atomic E-state index is 14.7. The van der Waals surface area contributed by atoms with Crippen LogP contribution in [0.2, 0.25) is 0 Å². The van der Waals surface area contributed by atoms with Crippen molar-refractivity contribution in [3.63, 3.8) is 0 Å². The van der Waals surface area contributed by atoms with Crippen LogP contribution in [0.5, 0.6) is 11.5 Å². The summed E-state index contributed by atoms with van der Waals surface area (Å²) in [5.74, 6) is 2.06. The molecule has 2 aliphatic carbocycles. The number of nitrogens with two attached hydrogens (primary N) is 1. The summed E-state index contributed by atoms with van der Waals surface area (Å²) in [6.07, 6.45) is 16.8. The van der Waals surface area contributed by atoms with Crippen molar-refractivity contribution >= 4 is 29.5 Å². The number of nitrogens with one attached hydrogen (secondary N) is 3. The minimum absolute atomic E-state index is 0.231. The largest absolute Gasteiger partial charge is 0.493 e. The van der Waals surface area contributed by atoms with Crippen molar-refractivity contribution in [2.75, 3.05) is 23.8 Å². The zero-order chi connectivity index (χ0) is 47.8. The lowest BCUT2D eigenvalue weighted by Gasteiger charge is -2.26. The highest BCUT2D eigenvalue weighted by Crippen LogP contribution is 2.34. The van der Waals surface area contributed by atoms with Crippen LogP contribution in [-0.4, -0.2) is 79.9 Å². The van der Waals surface area contributed by atoms with Gasteiger partial charge in [0.15, 0.2) is 17.6 Å². The molecule has 19 heteroatoms. The molecule has 0 saturated heterocycles. The number of rotatable bonds is 12. The lowest BCUT2D eigenvalue weighted by atomic mass is 9.93. The molecule has 358 valence electrons. The molecule has 4 aliphatic rings. The van der Waals surface area contributed by atoms with Crippen molar-refractivity contribution in [3.8, 4) is 34.0 Å². The summed E-state index contributed by atoms with van der Waals surface area (Å²) in [5.41, 5.74) is 16.2. The zero-order valence-corrected chi connectivity index (χ0v) is 39.2. The summed E-state index contributed by atoms with van der Waals surface area (Å²) >= 11 is 0. The summed E-state index contributed by atoms with van der Waals surface area (Å²) in [4.78, 5) is 30.0. The molecule has 8 aromatic rings. The molecular formula is C50H56F2N14O3. The van der Waals surface area contributed by atoms with Crippen LogP contribution in [0.4, 0.5) is 20.7 Å². The number of benzene rings is 2. The Morgan fingerprint density at radius 1 is 0.725 bits per heavy atom. The van der Waals surface area contributed by atoms with Gasteiger partial charge in [-0.3, -0.25) is 23.0 Å². The van der Waals surface area contributed by atoms with E-state index in [4.69, 9.17) is 25.2 Å². The van der Waals surface area contributed by atoms with E-state index >= 15 is 0 Å². The van der Waals surface area contributed by atoms with E-state index in [9.17, 15) is 13.6 Å². The second-order valence-electron chi connectivity index (χ2n) is 18.1. The zero-order valence-electron chi connectivity index (χ0n) is 39.2. The molecule has 0 unspecified atom stereocenters. The minimum atomic E-state index is -0.288. The van der Waals surface area contributed by atoms with Gasteiger partial charge in [0.25, 0.3) is 0 Å². The summed E-state index contributed by atoms with van der Waals surface area (Å²) < 4.78 is 47.5. The molecule has 2 fully saturated rings. The molecule has 0 bridgehead atoms. The normalized spacial score (nSPS) is 15.0. The van der Waals surface area contributed by atoms with Crippen LogP contribution < -0.4 is 31.2 Å². The molecule has 2 aromatic carbocycles. The van der Waals surface area contributed by atoms with Gasteiger partial charge in [0.05, 0.1) is 52.8 Å². The Balaban J connectivity index is 0.000000146. The van der Waals surface area contributed by atoms with E-state index in [0.717, 1.165) is 67.9 Å². The van der Waals surface area contributed by atoms with Crippen LogP contribution in [0.15, 0.2) is 61.2 Å². The van der Waals surface area contributed by atoms with Crippen LogP contribution in [0.3, 0.4) is 0 Å². The number of imidazole rings is 2. The molecular weight excluding hydrogens is 883 g/mol. The minimum Gasteiger partial charge on any atom is -0.493 e. The summed E-state index contributed by atoms with van der Waals surface area (Å²) in [7, 11) is 3.77. The number of anilines is 2. The quantitative estimate of drug-likeness (QED) is 0.0900. The van der Waals surface area contributed by atoms with Crippen molar-refractivity contribution in [2.45, 2.75) is 96.9 Å². The highest BCUT2D eigenvalue weighted by molar-refractivity contribution is 5.81. The van der Waals surface area contributed by atoms with Crippen molar-refractivity contribution < 1.29 is 23.0 Å². The Morgan fingerprint density at radius 3 is 1.68 bits per heavy atom. The van der Waals surface area contributed by atoms with E-state index in [1.807, 2.05) is 61.6 Å². The molecule has 2 aliphatic heterocycles. The maximum Gasteiger partial charge on any atom is 0.208 e. The SMILES string of the molecule is Cc1cc(-c2cnc(NCc3c(F)ccc4c3CCO4)n3cc(C=O)nc23)n(C)n1.Cc1cc(-c2cnc(NCc3c(F)ccc4c3CCO4)n3cc(CNC4CCC4)nc23)n(C)n1.NC1CCC1. The third-order valence-electron chi connectivity index (χ3n) is 13.3. The fourth-order valence-corrected chi connectivity index (χ4v) is 9.16. The van der Waals surface area contributed by atoms with E-state index in [1.165, 1.54) is 50.7 Å². The summed E-state index contributed by atoms with van der Waals surface area (Å²) in [6, 6.07) is 11.4. The topological polar surface area (TPSA) is 194 Å². The van der Waals surface area contributed by atoms with Gasteiger partial charge in [-0.25, -0.2) is 28.7 Å². The van der Waals surface area contributed by atoms with Gasteiger partial charge in [0, 0.05) is 106 Å². The predicted octanol–water partition coefficient (Wildman–Crippen LogP) is 7.20. The molecule has 0 spiro atoms. The first kappa shape index (κ1) is 45.5. The number of fused-ring (bicyclic) bond motifs is 4. The van der Waals surface area contributed by atoms with Crippen molar-refractivity contribution in [2.24, 2.45) is 19.8 Å². The average Bonchev–Trinajstić information content (AvgIpc) is 4.18. The molecule has 8 heterocycles. The van der Waals surface area contributed by atoms with Crippen molar-refractivity contribution in [1.29, 1.82) is 0 Å². The third-order valence-corrected chi connectivity index (χ3v) is 13.3. The molecule has 0 radical (unpaired) electrons. The number of carbonyl (C=O) groups excluding carboxylic acids is 1. The van der Waals surface area contributed by atoms with Gasteiger partial charge in [-0.1, -0.05) is 12.8 Å². The Hall–Kier alpha value is -7.25. The maximum atomic E-state index is 14.7. The number of carbonyl (C=O) groups is 1. The lowest BCUT2D eigenvalue weighted by molar-refractivity contribution is 0.111. The van der Waals surface area contributed by atoms with Crippen LogP contribution in [0, 0.1) is 25.5 Å². The smallest absolute Gasteiger partial charge is 0.208 e. The van der Waals surface area contributed by atoms with E-state index in [0.29, 0.717) is 86.2 Å². The number of nitrogens with zero attached hydrogens (tertiary/aromatic N) is 10. The van der Waals surface area contributed by atoms with E-state index in [1.54, 1.807) is 33.6 Å². The second-order valence-corrected chi connectivity index (χ2v) is 18.1. The molecule has 0 amide bonds. The number of ether oxygens (including phenoxy) is 2. The number of aldehydes is 1. The van der Waals surface area contributed by atoms with Crippen LogP contribution in [0.1, 0.15) is 88.3 Å². The first-order valence-corrected chi connectivity index (χ1v) is 23.6. The average molecular weight is 939 g/mol. The Bertz CT molecular complexity index is 3180. The number of hydrogen-bond donors (Lipinski definition) is 4. The first-order chi connectivity index (χ1) is 33.5. The number of halogens is 2. The number of aryl methyl sites for hydroxylation is 4. The highest BCUT2D eigenvalue weighted by atomic mass is 19.1. The molecule has 6 aromatic heterocycles. The van der Waals surface area contributed by atoms with Crippen molar-refractivity contribution in [1.82, 2.24) is 53.6 Å². The molecule has 12 rings (SSSR count). The van der Waals surface area contributed by atoms with Gasteiger partial charge in [0.2, 0.25) is 11.9 Å². The van der Waals surface area contributed by atoms with Crippen molar-refractivity contribution in [3.05, 3.63) is 118 Å². The van der Waals surface area contributed by atoms with Gasteiger partial charge in [0.1, 0.15) is 28.8 Å². The molecule has 17 nitrogen and oxygen atoms in total. The monoisotopic (exact) mass is 938 g/mol. The van der Waals surface area contributed by atoms with Gasteiger partial charge < -0.3 is 31.2 Å². The summed E-state index contributed by atoms with van der Waals surface area (Å²) in [5, 5.41) is 19.0. The Morgan fingerprint density at radius 2 is 1.23 bits per heavy atom. The number of aromatic nitrogens is 10. The van der Waals surface area contributed by atoms with Gasteiger partial charge >= 0.3 is 0 Å². The fraction of sp³-hybridized carbons (Fsp3) is 0.380. The van der Waals surface area contributed by atoms with E-state index in [-0.39, 0.29) is 23.9 Å². The fourth-order valence-electron chi connectivity index (χ4n) is 9.16. The first-order valence-electron chi connectivity index (χ1n) is 23.6. The molecule has 69 heavy (non-hydrogen) atoms. The molecule has 5 N–H and O–H groups in total. The Kier molecular flexibility index (Phi) is 12.8. The van der Waals surface area contributed by atoms with Gasteiger partial charge in [-0.15, -0.1) is 0 Å². The standard InChI is InChI=1S/C25H28FN7O.C21H19FN6O2.C4H9N/c1-15-10-22(32(2)31-15)20-13-29-25(28-12-19-18-8-9-34-23(18)7-6-21(19)26)33-14-17(30-24(20)33)11-27-16-4-3-5-16;1-12-7-18(27(2)26-12)16-9-24-21(28-10-13(11-29)25-20(16)28)23-8-15-14-5-6-30-19(14)4-3-17(15)22;5-4-2-1-3-4/h6-7,10,13-14,16,27H,3-5,8-9,11-12H2,1-2H3,(H,28,29);3-4,7,9-11H,5-6,8H2,1-2H3,(H,23,24);4H,1-3,5H2. The predicted molar refractivity (Wildman–Crippen MR) is 257 cm³/mol. The summed E-state index contributed by atoms with van der Waals surface area (Å²) in [6.45, 7) is 6.28. The van der Waals surface area contributed by atoms with Gasteiger partial charge in [-0.2, -0.15) is 10.2 Å². The van der Waals surface area contributed by atoms with Gasteiger partial charge in [-0.05, 0) is 75.9 Å². The number of hydrogen-bond acceptors (Lipinski definition) is 13.